The predicted octanol–water partition coefficient (Wildman–Crippen LogP) is 2.61. The molecular weight excluding hydrogens is 364 g/mol. The number of nitrogens with one attached hydrogen (secondary N) is 1. The van der Waals surface area contributed by atoms with E-state index in [1.807, 2.05) is 30.3 Å². The van der Waals surface area contributed by atoms with E-state index in [0.29, 0.717) is 18.8 Å². The second-order valence-electron chi connectivity index (χ2n) is 6.65. The van der Waals surface area contributed by atoms with Gasteiger partial charge in [-0.3, -0.25) is 9.78 Å². The van der Waals surface area contributed by atoms with Crippen LogP contribution in [0.3, 0.4) is 0 Å². The maximum atomic E-state index is 12.7. The number of hydrogen-bond donors (Lipinski definition) is 1. The van der Waals surface area contributed by atoms with Gasteiger partial charge in [-0.25, -0.2) is 8.42 Å². The number of carbonyl (C=O) groups is 1. The van der Waals surface area contributed by atoms with Gasteiger partial charge in [0.15, 0.2) is 0 Å². The van der Waals surface area contributed by atoms with Gasteiger partial charge in [0.1, 0.15) is 10.6 Å². The van der Waals surface area contributed by atoms with Crippen molar-refractivity contribution in [1.82, 2.24) is 13.9 Å². The molecule has 3 heterocycles. The summed E-state index contributed by atoms with van der Waals surface area (Å²) in [6.45, 7) is 1.06. The Hall–Kier alpha value is -2.71. The zero-order chi connectivity index (χ0) is 19.0. The summed E-state index contributed by atoms with van der Waals surface area (Å²) in [7, 11) is -1.89. The summed E-state index contributed by atoms with van der Waals surface area (Å²) in [6, 6.07) is 10.9. The highest BCUT2D eigenvalue weighted by Gasteiger charge is 2.29. The van der Waals surface area contributed by atoms with E-state index < -0.39 is 10.0 Å². The summed E-state index contributed by atoms with van der Waals surface area (Å²) >= 11 is 0. The molecule has 1 N–H and O–H groups in total. The van der Waals surface area contributed by atoms with Crippen LogP contribution in [-0.4, -0.2) is 41.3 Å². The van der Waals surface area contributed by atoms with Crippen molar-refractivity contribution in [3.8, 4) is 0 Å². The van der Waals surface area contributed by atoms with Crippen LogP contribution in [0.25, 0.3) is 10.9 Å². The van der Waals surface area contributed by atoms with Gasteiger partial charge in [-0.05, 0) is 31.0 Å². The summed E-state index contributed by atoms with van der Waals surface area (Å²) in [5.41, 5.74) is 1.68. The van der Waals surface area contributed by atoms with Gasteiger partial charge in [0.2, 0.25) is 10.0 Å². The van der Waals surface area contributed by atoms with Crippen molar-refractivity contribution < 1.29 is 13.2 Å². The molecule has 2 aromatic heterocycles. The number of pyridine rings is 1. The van der Waals surface area contributed by atoms with Crippen LogP contribution in [0.4, 0.5) is 5.69 Å². The molecule has 0 aliphatic carbocycles. The Bertz CT molecular complexity index is 1110. The number of para-hydroxylation sites is 1. The van der Waals surface area contributed by atoms with E-state index in [-0.39, 0.29) is 16.5 Å². The Labute approximate surface area is 157 Å². The summed E-state index contributed by atoms with van der Waals surface area (Å²) < 4.78 is 28.4. The van der Waals surface area contributed by atoms with Crippen molar-refractivity contribution in [2.75, 3.05) is 18.4 Å². The number of hydrogen-bond acceptors (Lipinski definition) is 4. The largest absolute Gasteiger partial charge is 0.345 e. The van der Waals surface area contributed by atoms with E-state index in [1.54, 1.807) is 13.2 Å². The van der Waals surface area contributed by atoms with Gasteiger partial charge < -0.3 is 9.88 Å². The summed E-state index contributed by atoms with van der Waals surface area (Å²) in [5.74, 6) is -0.377. The third kappa shape index (κ3) is 3.33. The number of fused-ring (bicyclic) bond motifs is 1. The fourth-order valence-electron chi connectivity index (χ4n) is 3.31. The molecule has 0 unspecified atom stereocenters. The quantitative estimate of drug-likeness (QED) is 0.749. The number of aromatic nitrogens is 2. The number of aryl methyl sites for hydroxylation is 1. The van der Waals surface area contributed by atoms with Crippen LogP contribution in [0.15, 0.2) is 53.7 Å². The van der Waals surface area contributed by atoms with E-state index in [2.05, 4.69) is 10.3 Å². The molecule has 1 aliphatic rings. The molecule has 0 radical (unpaired) electrons. The molecule has 1 aromatic carbocycles. The lowest BCUT2D eigenvalue weighted by molar-refractivity contribution is 0.101. The molecule has 3 aromatic rings. The zero-order valence-electron chi connectivity index (χ0n) is 14.9. The highest BCUT2D eigenvalue weighted by atomic mass is 32.2. The molecule has 1 aliphatic heterocycles. The van der Waals surface area contributed by atoms with Crippen molar-refractivity contribution in [2.24, 2.45) is 7.05 Å². The van der Waals surface area contributed by atoms with Crippen LogP contribution in [0.2, 0.25) is 0 Å². The number of amides is 1. The fourth-order valence-corrected chi connectivity index (χ4v) is 4.90. The molecule has 0 spiro atoms. The molecule has 1 saturated heterocycles. The minimum atomic E-state index is -3.56. The van der Waals surface area contributed by atoms with Crippen LogP contribution >= 0.6 is 0 Å². The average Bonchev–Trinajstić information content (AvgIpc) is 3.32. The molecule has 7 nitrogen and oxygen atoms in total. The van der Waals surface area contributed by atoms with Crippen LogP contribution in [0.5, 0.6) is 0 Å². The second kappa shape index (κ2) is 6.79. The molecule has 1 fully saturated rings. The Morgan fingerprint density at radius 2 is 1.89 bits per heavy atom. The second-order valence-corrected chi connectivity index (χ2v) is 8.59. The number of benzene rings is 1. The Morgan fingerprint density at radius 1 is 1.15 bits per heavy atom. The van der Waals surface area contributed by atoms with E-state index in [9.17, 15) is 13.2 Å². The summed E-state index contributed by atoms with van der Waals surface area (Å²) in [4.78, 5) is 17.1. The lowest BCUT2D eigenvalue weighted by Gasteiger charge is -2.13. The maximum Gasteiger partial charge on any atom is 0.272 e. The molecular formula is C19H20N4O3S. The Kier molecular flexibility index (Phi) is 4.45. The molecule has 0 atom stereocenters. The van der Waals surface area contributed by atoms with E-state index in [1.165, 1.54) is 21.1 Å². The number of rotatable bonds is 4. The minimum Gasteiger partial charge on any atom is -0.345 e. The molecule has 0 saturated carbocycles. The Balaban J connectivity index is 1.59. The monoisotopic (exact) mass is 384 g/mol. The van der Waals surface area contributed by atoms with Gasteiger partial charge >= 0.3 is 0 Å². The van der Waals surface area contributed by atoms with Gasteiger partial charge in [0.05, 0.1) is 17.4 Å². The number of carbonyl (C=O) groups excluding carboxylic acids is 1. The molecule has 0 bridgehead atoms. The number of anilines is 1. The van der Waals surface area contributed by atoms with Crippen molar-refractivity contribution >= 4 is 32.5 Å². The standard InChI is InChI=1S/C19H20N4O3S/c1-22-13-16(27(25,26)23-8-4-5-9-23)11-18(22)19(24)21-15-10-14-6-2-3-7-17(14)20-12-15/h2-3,6-7,10-13H,4-5,8-9H2,1H3,(H,21,24). The normalized spacial score (nSPS) is 15.3. The first-order valence-corrected chi connectivity index (χ1v) is 10.2. The first-order valence-electron chi connectivity index (χ1n) is 8.78. The molecule has 140 valence electrons. The highest BCUT2D eigenvalue weighted by molar-refractivity contribution is 7.89. The third-order valence-corrected chi connectivity index (χ3v) is 6.63. The lowest BCUT2D eigenvalue weighted by atomic mass is 10.2. The van der Waals surface area contributed by atoms with Gasteiger partial charge in [-0.15, -0.1) is 0 Å². The topological polar surface area (TPSA) is 84.3 Å². The fraction of sp³-hybridized carbons (Fsp3) is 0.263. The van der Waals surface area contributed by atoms with E-state index >= 15 is 0 Å². The number of sulfonamides is 1. The van der Waals surface area contributed by atoms with Gasteiger partial charge in [-0.2, -0.15) is 4.31 Å². The molecule has 27 heavy (non-hydrogen) atoms. The summed E-state index contributed by atoms with van der Waals surface area (Å²) in [6.07, 6.45) is 4.81. The first-order chi connectivity index (χ1) is 12.9. The minimum absolute atomic E-state index is 0.147. The molecule has 8 heteroatoms. The maximum absolute atomic E-state index is 12.7. The first kappa shape index (κ1) is 17.7. The van der Waals surface area contributed by atoms with Gasteiger partial charge in [-0.1, -0.05) is 18.2 Å². The third-order valence-electron chi connectivity index (χ3n) is 4.76. The van der Waals surface area contributed by atoms with Crippen LogP contribution < -0.4 is 5.32 Å². The SMILES string of the molecule is Cn1cc(S(=O)(=O)N2CCCC2)cc1C(=O)Nc1cnc2ccccc2c1. The van der Waals surface area contributed by atoms with Crippen LogP contribution in [0.1, 0.15) is 23.3 Å². The van der Waals surface area contributed by atoms with Crippen molar-refractivity contribution in [2.45, 2.75) is 17.7 Å². The van der Waals surface area contributed by atoms with Crippen LogP contribution in [-0.2, 0) is 17.1 Å². The average molecular weight is 384 g/mol. The molecule has 1 amide bonds. The summed E-state index contributed by atoms with van der Waals surface area (Å²) in [5, 5.41) is 3.71. The smallest absolute Gasteiger partial charge is 0.272 e. The number of nitrogens with zero attached hydrogens (tertiary/aromatic N) is 3. The van der Waals surface area contributed by atoms with Crippen molar-refractivity contribution in [3.63, 3.8) is 0 Å². The van der Waals surface area contributed by atoms with E-state index in [4.69, 9.17) is 0 Å². The van der Waals surface area contributed by atoms with Gasteiger partial charge in [0, 0.05) is 31.7 Å². The Morgan fingerprint density at radius 3 is 2.67 bits per heavy atom. The van der Waals surface area contributed by atoms with Crippen molar-refractivity contribution in [3.05, 3.63) is 54.5 Å². The van der Waals surface area contributed by atoms with Crippen molar-refractivity contribution in [1.29, 1.82) is 0 Å². The molecule has 4 rings (SSSR count). The highest BCUT2D eigenvalue weighted by Crippen LogP contribution is 2.23. The van der Waals surface area contributed by atoms with E-state index in [0.717, 1.165) is 23.7 Å². The van der Waals surface area contributed by atoms with Gasteiger partial charge in [0.25, 0.3) is 5.91 Å². The van der Waals surface area contributed by atoms with Crippen LogP contribution in [0, 0.1) is 0 Å². The lowest BCUT2D eigenvalue weighted by Crippen LogP contribution is -2.27. The zero-order valence-corrected chi connectivity index (χ0v) is 15.7. The predicted molar refractivity (Wildman–Crippen MR) is 103 cm³/mol.